The van der Waals surface area contributed by atoms with Gasteiger partial charge in [0, 0.05) is 12.1 Å². The number of rotatable bonds is 8. The van der Waals surface area contributed by atoms with Crippen LogP contribution in [-0.2, 0) is 4.79 Å². The Hall–Kier alpha value is -4.54. The maximum absolute atomic E-state index is 11.9. The van der Waals surface area contributed by atoms with Gasteiger partial charge in [0.15, 0.2) is 12.4 Å². The predicted molar refractivity (Wildman–Crippen MR) is 110 cm³/mol. The molecule has 0 radical (unpaired) electrons. The third kappa shape index (κ3) is 5.29. The third-order valence-corrected chi connectivity index (χ3v) is 4.04. The van der Waals surface area contributed by atoms with E-state index in [1.807, 2.05) is 0 Å². The highest BCUT2D eigenvalue weighted by Gasteiger charge is 2.17. The number of nitro benzene ring substituents is 2. The Morgan fingerprint density at radius 2 is 1.84 bits per heavy atom. The normalized spacial score (nSPS) is 10.7. The fourth-order valence-corrected chi connectivity index (χ4v) is 2.64. The molecule has 1 N–H and O–H groups in total. The minimum absolute atomic E-state index is 0.0325. The summed E-state index contributed by atoms with van der Waals surface area (Å²) in [4.78, 5) is 33.0. The largest absolute Gasteiger partial charge is 0.477 e. The zero-order chi connectivity index (χ0) is 22.4. The summed E-state index contributed by atoms with van der Waals surface area (Å²) < 4.78 is 10.7. The number of carbonyl (C=O) groups excluding carboxylic acids is 1. The molecule has 1 amide bonds. The fourth-order valence-electron chi connectivity index (χ4n) is 2.64. The van der Waals surface area contributed by atoms with E-state index in [4.69, 9.17) is 9.15 Å². The fraction of sp³-hybridized carbons (Fsp3) is 0.100. The molecule has 0 atom stereocenters. The SMILES string of the molecule is Cc1ccc(OCC(=O)N/N=C\c2ccc(-c3ccccc3[N+](=O)[O-])o2)c([N+](=O)[O-])c1. The van der Waals surface area contributed by atoms with Gasteiger partial charge in [-0.15, -0.1) is 0 Å². The van der Waals surface area contributed by atoms with Crippen LogP contribution < -0.4 is 10.2 Å². The van der Waals surface area contributed by atoms with Crippen LogP contribution in [0.25, 0.3) is 11.3 Å². The van der Waals surface area contributed by atoms with Crippen molar-refractivity contribution in [3.63, 3.8) is 0 Å². The van der Waals surface area contributed by atoms with Gasteiger partial charge in [-0.05, 0) is 36.8 Å². The molecule has 0 aliphatic rings. The number of nitrogens with zero attached hydrogens (tertiary/aromatic N) is 3. The molecule has 0 unspecified atom stereocenters. The molecule has 0 saturated carbocycles. The van der Waals surface area contributed by atoms with E-state index in [9.17, 15) is 25.0 Å². The van der Waals surface area contributed by atoms with Gasteiger partial charge in [-0.1, -0.05) is 18.2 Å². The quantitative estimate of drug-likeness (QED) is 0.330. The van der Waals surface area contributed by atoms with Crippen molar-refractivity contribution in [1.82, 2.24) is 5.43 Å². The molecule has 1 heterocycles. The van der Waals surface area contributed by atoms with E-state index in [0.29, 0.717) is 11.1 Å². The van der Waals surface area contributed by atoms with E-state index in [1.165, 1.54) is 30.5 Å². The molecular weight excluding hydrogens is 408 g/mol. The van der Waals surface area contributed by atoms with Crippen LogP contribution in [0.4, 0.5) is 11.4 Å². The molecule has 0 bridgehead atoms. The van der Waals surface area contributed by atoms with Crippen LogP contribution in [0.3, 0.4) is 0 Å². The molecule has 3 rings (SSSR count). The standard InChI is InChI=1S/C20H16N4O7/c1-13-6-8-19(17(10-13)24(28)29)30-12-20(25)22-21-11-14-7-9-18(31-14)15-4-2-3-5-16(15)23(26)27/h2-11H,12H2,1H3,(H,22,25)/b21-11-. The van der Waals surface area contributed by atoms with Gasteiger partial charge >= 0.3 is 5.69 Å². The predicted octanol–water partition coefficient (Wildman–Crippen LogP) is 3.60. The molecule has 0 fully saturated rings. The van der Waals surface area contributed by atoms with E-state index in [2.05, 4.69) is 10.5 Å². The summed E-state index contributed by atoms with van der Waals surface area (Å²) in [5.41, 5.74) is 2.86. The summed E-state index contributed by atoms with van der Waals surface area (Å²) in [5, 5.41) is 25.9. The van der Waals surface area contributed by atoms with E-state index in [1.54, 1.807) is 37.3 Å². The number of para-hydroxylation sites is 1. The number of nitrogens with one attached hydrogen (secondary N) is 1. The van der Waals surface area contributed by atoms with Crippen molar-refractivity contribution in [3.8, 4) is 17.1 Å². The van der Waals surface area contributed by atoms with Crippen molar-refractivity contribution in [3.05, 3.63) is 86.1 Å². The Morgan fingerprint density at radius 3 is 2.58 bits per heavy atom. The molecule has 31 heavy (non-hydrogen) atoms. The van der Waals surface area contributed by atoms with Gasteiger partial charge in [0.1, 0.15) is 11.5 Å². The number of benzene rings is 2. The zero-order valence-electron chi connectivity index (χ0n) is 16.2. The average molecular weight is 424 g/mol. The summed E-state index contributed by atoms with van der Waals surface area (Å²) in [6, 6.07) is 13.6. The molecule has 11 nitrogen and oxygen atoms in total. The van der Waals surface area contributed by atoms with Crippen molar-refractivity contribution < 1.29 is 23.8 Å². The number of aryl methyl sites for hydroxylation is 1. The molecule has 3 aromatic rings. The van der Waals surface area contributed by atoms with Gasteiger partial charge in [0.2, 0.25) is 0 Å². The van der Waals surface area contributed by atoms with Crippen molar-refractivity contribution >= 4 is 23.5 Å². The first kappa shape index (κ1) is 21.2. The first-order chi connectivity index (χ1) is 14.8. The van der Waals surface area contributed by atoms with Crippen LogP contribution in [0, 0.1) is 27.2 Å². The Labute approximate surface area is 175 Å². The van der Waals surface area contributed by atoms with Crippen molar-refractivity contribution in [2.75, 3.05) is 6.61 Å². The van der Waals surface area contributed by atoms with Gasteiger partial charge in [0.05, 0.1) is 21.6 Å². The summed E-state index contributed by atoms with van der Waals surface area (Å²) in [6.07, 6.45) is 1.21. The van der Waals surface area contributed by atoms with E-state index in [0.717, 1.165) is 0 Å². The number of hydrogen-bond donors (Lipinski definition) is 1. The topological polar surface area (TPSA) is 150 Å². The molecule has 0 aliphatic heterocycles. The van der Waals surface area contributed by atoms with Crippen LogP contribution in [0.1, 0.15) is 11.3 Å². The van der Waals surface area contributed by atoms with Crippen LogP contribution in [0.5, 0.6) is 5.75 Å². The number of hydrazone groups is 1. The molecule has 1 aromatic heterocycles. The first-order valence-corrected chi connectivity index (χ1v) is 8.88. The van der Waals surface area contributed by atoms with Gasteiger partial charge in [-0.25, -0.2) is 5.43 Å². The molecule has 0 saturated heterocycles. The smallest absolute Gasteiger partial charge is 0.311 e. The lowest BCUT2D eigenvalue weighted by molar-refractivity contribution is -0.385. The van der Waals surface area contributed by atoms with Gasteiger partial charge in [0.25, 0.3) is 11.6 Å². The minimum Gasteiger partial charge on any atom is -0.477 e. The minimum atomic E-state index is -0.642. The van der Waals surface area contributed by atoms with Crippen molar-refractivity contribution in [2.24, 2.45) is 5.10 Å². The second-order valence-corrected chi connectivity index (χ2v) is 6.29. The van der Waals surface area contributed by atoms with E-state index in [-0.39, 0.29) is 28.6 Å². The van der Waals surface area contributed by atoms with Crippen LogP contribution >= 0.6 is 0 Å². The van der Waals surface area contributed by atoms with Crippen LogP contribution in [0.15, 0.2) is 64.1 Å². The zero-order valence-corrected chi connectivity index (χ0v) is 16.2. The molecule has 0 aliphatic carbocycles. The molecular formula is C20H16N4O7. The summed E-state index contributed by atoms with van der Waals surface area (Å²) in [7, 11) is 0. The number of carbonyl (C=O) groups is 1. The maximum Gasteiger partial charge on any atom is 0.311 e. The number of amides is 1. The second-order valence-electron chi connectivity index (χ2n) is 6.29. The second kappa shape index (κ2) is 9.31. The van der Waals surface area contributed by atoms with Crippen LogP contribution in [-0.4, -0.2) is 28.6 Å². The number of furan rings is 1. The highest BCUT2D eigenvalue weighted by molar-refractivity contribution is 5.82. The lowest BCUT2D eigenvalue weighted by Gasteiger charge is -2.06. The molecule has 11 heteroatoms. The molecule has 2 aromatic carbocycles. The van der Waals surface area contributed by atoms with E-state index >= 15 is 0 Å². The number of ether oxygens (including phenoxy) is 1. The Balaban J connectivity index is 1.59. The van der Waals surface area contributed by atoms with Gasteiger partial charge in [-0.3, -0.25) is 25.0 Å². The van der Waals surface area contributed by atoms with E-state index < -0.39 is 22.4 Å². The molecule has 158 valence electrons. The summed E-state index contributed by atoms with van der Waals surface area (Å²) in [5.74, 6) is -0.148. The lowest BCUT2D eigenvalue weighted by atomic mass is 10.1. The monoisotopic (exact) mass is 424 g/mol. The van der Waals surface area contributed by atoms with Crippen molar-refractivity contribution in [2.45, 2.75) is 6.92 Å². The van der Waals surface area contributed by atoms with Gasteiger partial charge < -0.3 is 9.15 Å². The molecule has 0 spiro atoms. The highest BCUT2D eigenvalue weighted by Crippen LogP contribution is 2.30. The average Bonchev–Trinajstić information content (AvgIpc) is 3.21. The third-order valence-electron chi connectivity index (χ3n) is 4.04. The van der Waals surface area contributed by atoms with Gasteiger partial charge in [-0.2, -0.15) is 5.10 Å². The Kier molecular flexibility index (Phi) is 6.36. The Bertz CT molecular complexity index is 1170. The first-order valence-electron chi connectivity index (χ1n) is 8.88. The highest BCUT2D eigenvalue weighted by atomic mass is 16.6. The van der Waals surface area contributed by atoms with Crippen molar-refractivity contribution in [1.29, 1.82) is 0 Å². The number of nitro groups is 2. The van der Waals surface area contributed by atoms with Crippen LogP contribution in [0.2, 0.25) is 0 Å². The maximum atomic E-state index is 11.9. The Morgan fingerprint density at radius 1 is 1.10 bits per heavy atom. The number of hydrogen-bond acceptors (Lipinski definition) is 8. The lowest BCUT2D eigenvalue weighted by Crippen LogP contribution is -2.24. The summed E-state index contributed by atoms with van der Waals surface area (Å²) >= 11 is 0. The summed E-state index contributed by atoms with van der Waals surface area (Å²) in [6.45, 7) is 1.22.